The summed E-state index contributed by atoms with van der Waals surface area (Å²) in [4.78, 5) is 17.4. The zero-order chi connectivity index (χ0) is 20.9. The second-order valence-electron chi connectivity index (χ2n) is 7.35. The van der Waals surface area contributed by atoms with Crippen LogP contribution in [0.15, 0.2) is 53.4 Å². The normalized spacial score (nSPS) is 15.4. The highest BCUT2D eigenvalue weighted by Crippen LogP contribution is 2.18. The van der Waals surface area contributed by atoms with Gasteiger partial charge in [0, 0.05) is 44.8 Å². The lowest BCUT2D eigenvalue weighted by Crippen LogP contribution is -2.49. The highest BCUT2D eigenvalue weighted by molar-refractivity contribution is 7.89. The van der Waals surface area contributed by atoms with Gasteiger partial charge in [-0.25, -0.2) is 13.1 Å². The van der Waals surface area contributed by atoms with Crippen molar-refractivity contribution in [1.29, 1.82) is 0 Å². The third kappa shape index (κ3) is 5.44. The summed E-state index contributed by atoms with van der Waals surface area (Å²) < 4.78 is 27.0. The summed E-state index contributed by atoms with van der Waals surface area (Å²) in [6, 6.07) is 15.1. The van der Waals surface area contributed by atoms with Crippen molar-refractivity contribution in [1.82, 2.24) is 14.5 Å². The smallest absolute Gasteiger partial charge is 0.254 e. The van der Waals surface area contributed by atoms with Crippen LogP contribution in [0.5, 0.6) is 0 Å². The molecule has 29 heavy (non-hydrogen) atoms. The Morgan fingerprint density at radius 1 is 1.03 bits per heavy atom. The SMILES string of the molecule is CCNS(=O)(=O)c1ccc(C)c(C(=O)N2CCN(CCc3ccccc3)CC2)c1. The van der Waals surface area contributed by atoms with E-state index in [1.54, 1.807) is 19.1 Å². The molecule has 1 aliphatic rings. The number of benzene rings is 2. The molecule has 1 amide bonds. The van der Waals surface area contributed by atoms with Crippen LogP contribution in [-0.2, 0) is 16.4 Å². The van der Waals surface area contributed by atoms with Crippen LogP contribution >= 0.6 is 0 Å². The number of nitrogens with one attached hydrogen (secondary N) is 1. The van der Waals surface area contributed by atoms with E-state index in [1.807, 2.05) is 17.9 Å². The zero-order valence-corrected chi connectivity index (χ0v) is 17.9. The molecular weight excluding hydrogens is 386 g/mol. The second-order valence-corrected chi connectivity index (χ2v) is 9.11. The molecule has 0 spiro atoms. The predicted molar refractivity (Wildman–Crippen MR) is 115 cm³/mol. The van der Waals surface area contributed by atoms with Gasteiger partial charge in [-0.1, -0.05) is 43.3 Å². The van der Waals surface area contributed by atoms with Gasteiger partial charge in [-0.2, -0.15) is 0 Å². The molecule has 0 aliphatic carbocycles. The van der Waals surface area contributed by atoms with Crippen molar-refractivity contribution in [2.75, 3.05) is 39.3 Å². The van der Waals surface area contributed by atoms with Crippen molar-refractivity contribution in [3.05, 3.63) is 65.2 Å². The van der Waals surface area contributed by atoms with E-state index in [9.17, 15) is 13.2 Å². The van der Waals surface area contributed by atoms with Crippen molar-refractivity contribution >= 4 is 15.9 Å². The first-order valence-corrected chi connectivity index (χ1v) is 11.5. The summed E-state index contributed by atoms with van der Waals surface area (Å²) >= 11 is 0. The van der Waals surface area contributed by atoms with E-state index in [-0.39, 0.29) is 10.8 Å². The summed E-state index contributed by atoms with van der Waals surface area (Å²) in [5, 5.41) is 0. The van der Waals surface area contributed by atoms with Crippen LogP contribution in [0.2, 0.25) is 0 Å². The van der Waals surface area contributed by atoms with Crippen LogP contribution in [0.4, 0.5) is 0 Å². The number of nitrogens with zero attached hydrogens (tertiary/aromatic N) is 2. The van der Waals surface area contributed by atoms with E-state index in [2.05, 4.69) is 33.9 Å². The van der Waals surface area contributed by atoms with Gasteiger partial charge in [0.05, 0.1) is 4.90 Å². The second kappa shape index (κ2) is 9.52. The number of hydrogen-bond acceptors (Lipinski definition) is 4. The maximum atomic E-state index is 13.0. The number of piperazine rings is 1. The average Bonchev–Trinajstić information content (AvgIpc) is 2.73. The molecule has 1 saturated heterocycles. The lowest BCUT2D eigenvalue weighted by molar-refractivity contribution is 0.0637. The molecule has 1 fully saturated rings. The Morgan fingerprint density at radius 3 is 2.38 bits per heavy atom. The molecule has 1 aliphatic heterocycles. The minimum Gasteiger partial charge on any atom is -0.336 e. The summed E-state index contributed by atoms with van der Waals surface area (Å²) in [5.41, 5.74) is 2.57. The van der Waals surface area contributed by atoms with Gasteiger partial charge in [-0.15, -0.1) is 0 Å². The Hall–Kier alpha value is -2.22. The molecule has 2 aromatic rings. The van der Waals surface area contributed by atoms with E-state index >= 15 is 0 Å². The van der Waals surface area contributed by atoms with Gasteiger partial charge in [0.1, 0.15) is 0 Å². The molecule has 2 aromatic carbocycles. The van der Waals surface area contributed by atoms with E-state index in [0.717, 1.165) is 31.6 Å². The molecule has 0 unspecified atom stereocenters. The van der Waals surface area contributed by atoms with Crippen LogP contribution in [0.3, 0.4) is 0 Å². The number of aryl methyl sites for hydroxylation is 1. The molecule has 7 heteroatoms. The van der Waals surface area contributed by atoms with Gasteiger partial charge in [-0.3, -0.25) is 9.69 Å². The molecule has 1 heterocycles. The molecule has 0 radical (unpaired) electrons. The maximum Gasteiger partial charge on any atom is 0.254 e. The number of carbonyl (C=O) groups is 1. The van der Waals surface area contributed by atoms with Crippen LogP contribution in [0.25, 0.3) is 0 Å². The Kier molecular flexibility index (Phi) is 7.05. The molecule has 156 valence electrons. The van der Waals surface area contributed by atoms with Crippen molar-refractivity contribution in [3.63, 3.8) is 0 Å². The Bertz CT molecular complexity index is 937. The lowest BCUT2D eigenvalue weighted by atomic mass is 10.1. The number of amides is 1. The Morgan fingerprint density at radius 2 is 1.72 bits per heavy atom. The molecule has 0 aromatic heterocycles. The summed E-state index contributed by atoms with van der Waals surface area (Å²) in [6.45, 7) is 7.81. The molecule has 0 saturated carbocycles. The highest BCUT2D eigenvalue weighted by Gasteiger charge is 2.24. The van der Waals surface area contributed by atoms with Crippen LogP contribution in [-0.4, -0.2) is 63.4 Å². The summed E-state index contributed by atoms with van der Waals surface area (Å²) in [6.07, 6.45) is 0.998. The van der Waals surface area contributed by atoms with E-state index in [4.69, 9.17) is 0 Å². The fourth-order valence-electron chi connectivity index (χ4n) is 3.55. The number of rotatable bonds is 7. The molecular formula is C22H29N3O3S. The third-order valence-electron chi connectivity index (χ3n) is 5.30. The van der Waals surface area contributed by atoms with E-state index in [0.29, 0.717) is 25.2 Å². The predicted octanol–water partition coefficient (Wildman–Crippen LogP) is 2.29. The van der Waals surface area contributed by atoms with Gasteiger partial charge in [0.2, 0.25) is 10.0 Å². The van der Waals surface area contributed by atoms with Gasteiger partial charge in [0.25, 0.3) is 5.91 Å². The van der Waals surface area contributed by atoms with Crippen molar-refractivity contribution < 1.29 is 13.2 Å². The largest absolute Gasteiger partial charge is 0.336 e. The molecule has 0 bridgehead atoms. The van der Waals surface area contributed by atoms with Crippen molar-refractivity contribution in [2.45, 2.75) is 25.2 Å². The minimum absolute atomic E-state index is 0.0984. The van der Waals surface area contributed by atoms with Crippen LogP contribution < -0.4 is 4.72 Å². The first-order chi connectivity index (χ1) is 13.9. The molecule has 6 nitrogen and oxygen atoms in total. The Balaban J connectivity index is 1.62. The van der Waals surface area contributed by atoms with Crippen molar-refractivity contribution in [2.24, 2.45) is 0 Å². The third-order valence-corrected chi connectivity index (χ3v) is 6.85. The standard InChI is InChI=1S/C22H29N3O3S/c1-3-23-29(27,28)20-10-9-18(2)21(17-20)22(26)25-15-13-24(14-16-25)12-11-19-7-5-4-6-8-19/h4-10,17,23H,3,11-16H2,1-2H3. The molecule has 0 atom stereocenters. The Labute approximate surface area is 173 Å². The summed E-state index contributed by atoms with van der Waals surface area (Å²) in [7, 11) is -3.59. The monoisotopic (exact) mass is 415 g/mol. The highest BCUT2D eigenvalue weighted by atomic mass is 32.2. The zero-order valence-electron chi connectivity index (χ0n) is 17.1. The molecule has 3 rings (SSSR count). The first-order valence-electron chi connectivity index (χ1n) is 10.1. The fraction of sp³-hybridized carbons (Fsp3) is 0.409. The average molecular weight is 416 g/mol. The van der Waals surface area contributed by atoms with Gasteiger partial charge in [-0.05, 0) is 36.6 Å². The number of hydrogen-bond donors (Lipinski definition) is 1. The lowest BCUT2D eigenvalue weighted by Gasteiger charge is -2.35. The molecule has 1 N–H and O–H groups in total. The van der Waals surface area contributed by atoms with E-state index < -0.39 is 10.0 Å². The minimum atomic E-state index is -3.59. The fourth-order valence-corrected chi connectivity index (χ4v) is 4.62. The van der Waals surface area contributed by atoms with E-state index in [1.165, 1.54) is 11.6 Å². The van der Waals surface area contributed by atoms with Gasteiger partial charge >= 0.3 is 0 Å². The first kappa shape index (κ1) is 21.5. The van der Waals surface area contributed by atoms with Crippen molar-refractivity contribution in [3.8, 4) is 0 Å². The van der Waals surface area contributed by atoms with Gasteiger partial charge in [0.15, 0.2) is 0 Å². The maximum absolute atomic E-state index is 13.0. The quantitative estimate of drug-likeness (QED) is 0.753. The van der Waals surface area contributed by atoms with Gasteiger partial charge < -0.3 is 4.90 Å². The topological polar surface area (TPSA) is 69.7 Å². The summed E-state index contributed by atoms with van der Waals surface area (Å²) in [5.74, 6) is -0.0984. The van der Waals surface area contributed by atoms with Crippen LogP contribution in [0, 0.1) is 6.92 Å². The van der Waals surface area contributed by atoms with Crippen LogP contribution in [0.1, 0.15) is 28.4 Å². The number of sulfonamides is 1. The number of carbonyl (C=O) groups excluding carboxylic acids is 1.